The highest BCUT2D eigenvalue weighted by Gasteiger charge is 2.22. The standard InChI is InChI=1S/C15H17N/c1-12-7-6-10-14(11-12)15(2,16)13-8-4-3-5-9-13/h3-11H,16H2,1-2H3. The topological polar surface area (TPSA) is 26.0 Å². The molecule has 0 spiro atoms. The normalized spacial score (nSPS) is 14.4. The predicted molar refractivity (Wildman–Crippen MR) is 68.3 cm³/mol. The van der Waals surface area contributed by atoms with E-state index in [1.165, 1.54) is 5.56 Å². The smallest absolute Gasteiger partial charge is 0.0637 e. The van der Waals surface area contributed by atoms with Gasteiger partial charge in [0.15, 0.2) is 0 Å². The summed E-state index contributed by atoms with van der Waals surface area (Å²) >= 11 is 0. The summed E-state index contributed by atoms with van der Waals surface area (Å²) < 4.78 is 0. The Morgan fingerprint density at radius 2 is 1.50 bits per heavy atom. The summed E-state index contributed by atoms with van der Waals surface area (Å²) in [5.74, 6) is 0. The van der Waals surface area contributed by atoms with Gasteiger partial charge in [-0.1, -0.05) is 60.2 Å². The summed E-state index contributed by atoms with van der Waals surface area (Å²) in [6.07, 6.45) is 0. The molecule has 0 aliphatic heterocycles. The number of hydrogen-bond acceptors (Lipinski definition) is 1. The van der Waals surface area contributed by atoms with Crippen LogP contribution in [0.2, 0.25) is 0 Å². The number of rotatable bonds is 2. The third-order valence-electron chi connectivity index (χ3n) is 2.99. The van der Waals surface area contributed by atoms with Gasteiger partial charge in [-0.15, -0.1) is 0 Å². The first kappa shape index (κ1) is 10.9. The van der Waals surface area contributed by atoms with E-state index in [9.17, 15) is 0 Å². The Labute approximate surface area is 96.9 Å². The molecule has 2 N–H and O–H groups in total. The number of benzene rings is 2. The van der Waals surface area contributed by atoms with Gasteiger partial charge in [0.25, 0.3) is 0 Å². The molecule has 2 aromatic carbocycles. The van der Waals surface area contributed by atoms with Crippen molar-refractivity contribution in [3.8, 4) is 0 Å². The Kier molecular flexibility index (Phi) is 2.80. The number of aryl methyl sites for hydroxylation is 1. The van der Waals surface area contributed by atoms with Crippen LogP contribution in [0, 0.1) is 6.92 Å². The van der Waals surface area contributed by atoms with Crippen molar-refractivity contribution in [2.45, 2.75) is 19.4 Å². The van der Waals surface area contributed by atoms with E-state index in [1.54, 1.807) is 0 Å². The zero-order valence-electron chi connectivity index (χ0n) is 9.77. The molecule has 0 aliphatic carbocycles. The van der Waals surface area contributed by atoms with Crippen LogP contribution < -0.4 is 5.73 Å². The summed E-state index contributed by atoms with van der Waals surface area (Å²) in [5, 5.41) is 0. The van der Waals surface area contributed by atoms with Crippen LogP contribution in [0.1, 0.15) is 23.6 Å². The van der Waals surface area contributed by atoms with Crippen molar-refractivity contribution >= 4 is 0 Å². The molecule has 0 bridgehead atoms. The van der Waals surface area contributed by atoms with E-state index in [0.29, 0.717) is 0 Å². The monoisotopic (exact) mass is 211 g/mol. The van der Waals surface area contributed by atoms with Gasteiger partial charge in [-0.25, -0.2) is 0 Å². The molecular formula is C15H17N. The molecule has 1 heteroatoms. The molecule has 16 heavy (non-hydrogen) atoms. The van der Waals surface area contributed by atoms with Gasteiger partial charge in [0.05, 0.1) is 5.54 Å². The van der Waals surface area contributed by atoms with Crippen LogP contribution in [0.25, 0.3) is 0 Å². The van der Waals surface area contributed by atoms with Crippen molar-refractivity contribution < 1.29 is 0 Å². The van der Waals surface area contributed by atoms with Gasteiger partial charge in [0.1, 0.15) is 0 Å². The maximum Gasteiger partial charge on any atom is 0.0637 e. The lowest BCUT2D eigenvalue weighted by atomic mass is 9.85. The van der Waals surface area contributed by atoms with E-state index >= 15 is 0 Å². The molecule has 1 nitrogen and oxygen atoms in total. The van der Waals surface area contributed by atoms with Crippen LogP contribution in [0.3, 0.4) is 0 Å². The first-order chi connectivity index (χ1) is 7.60. The average Bonchev–Trinajstić information content (AvgIpc) is 2.30. The van der Waals surface area contributed by atoms with Crippen molar-refractivity contribution in [2.75, 3.05) is 0 Å². The summed E-state index contributed by atoms with van der Waals surface area (Å²) in [4.78, 5) is 0. The third-order valence-corrected chi connectivity index (χ3v) is 2.99. The molecule has 0 aliphatic rings. The fraction of sp³-hybridized carbons (Fsp3) is 0.200. The predicted octanol–water partition coefficient (Wildman–Crippen LogP) is 3.22. The van der Waals surface area contributed by atoms with Crippen LogP contribution in [0.4, 0.5) is 0 Å². The summed E-state index contributed by atoms with van der Waals surface area (Å²) in [7, 11) is 0. The van der Waals surface area contributed by atoms with Crippen LogP contribution in [0.15, 0.2) is 54.6 Å². The molecule has 0 saturated carbocycles. The molecule has 2 aromatic rings. The molecule has 2 rings (SSSR count). The van der Waals surface area contributed by atoms with Gasteiger partial charge in [0.2, 0.25) is 0 Å². The van der Waals surface area contributed by atoms with Crippen LogP contribution in [-0.2, 0) is 5.54 Å². The molecule has 0 saturated heterocycles. The second-order valence-corrected chi connectivity index (χ2v) is 4.44. The zero-order chi connectivity index (χ0) is 11.6. The Hall–Kier alpha value is -1.60. The fourth-order valence-corrected chi connectivity index (χ4v) is 1.92. The second-order valence-electron chi connectivity index (χ2n) is 4.44. The Morgan fingerprint density at radius 1 is 0.875 bits per heavy atom. The highest BCUT2D eigenvalue weighted by atomic mass is 14.7. The van der Waals surface area contributed by atoms with E-state index < -0.39 is 5.54 Å². The molecule has 1 atom stereocenters. The van der Waals surface area contributed by atoms with Crippen molar-refractivity contribution in [1.29, 1.82) is 0 Å². The number of hydrogen-bond donors (Lipinski definition) is 1. The first-order valence-electron chi connectivity index (χ1n) is 5.52. The van der Waals surface area contributed by atoms with Gasteiger partial charge in [-0.2, -0.15) is 0 Å². The fourth-order valence-electron chi connectivity index (χ4n) is 1.92. The average molecular weight is 211 g/mol. The minimum absolute atomic E-state index is 0.423. The molecule has 0 radical (unpaired) electrons. The molecular weight excluding hydrogens is 194 g/mol. The molecule has 0 aromatic heterocycles. The molecule has 82 valence electrons. The lowest BCUT2D eigenvalue weighted by Crippen LogP contribution is -2.34. The van der Waals surface area contributed by atoms with Crippen molar-refractivity contribution in [1.82, 2.24) is 0 Å². The van der Waals surface area contributed by atoms with Crippen molar-refractivity contribution in [3.63, 3.8) is 0 Å². The summed E-state index contributed by atoms with van der Waals surface area (Å²) in [5.41, 5.74) is 9.54. The number of nitrogens with two attached hydrogens (primary N) is 1. The molecule has 0 amide bonds. The van der Waals surface area contributed by atoms with Crippen LogP contribution >= 0.6 is 0 Å². The maximum absolute atomic E-state index is 6.43. The van der Waals surface area contributed by atoms with E-state index in [-0.39, 0.29) is 0 Å². The van der Waals surface area contributed by atoms with E-state index in [0.717, 1.165) is 11.1 Å². The van der Waals surface area contributed by atoms with E-state index in [2.05, 4.69) is 50.2 Å². The SMILES string of the molecule is Cc1cccc(C(C)(N)c2ccccc2)c1. The lowest BCUT2D eigenvalue weighted by Gasteiger charge is -2.26. The Balaban J connectivity index is 2.47. The minimum Gasteiger partial charge on any atom is -0.318 e. The summed E-state index contributed by atoms with van der Waals surface area (Å²) in [6.45, 7) is 4.14. The van der Waals surface area contributed by atoms with Gasteiger partial charge >= 0.3 is 0 Å². The van der Waals surface area contributed by atoms with E-state index in [4.69, 9.17) is 5.73 Å². The highest BCUT2D eigenvalue weighted by molar-refractivity contribution is 5.38. The Bertz CT molecular complexity index is 472. The van der Waals surface area contributed by atoms with Crippen LogP contribution in [0.5, 0.6) is 0 Å². The van der Waals surface area contributed by atoms with Crippen LogP contribution in [-0.4, -0.2) is 0 Å². The third kappa shape index (κ3) is 2.00. The lowest BCUT2D eigenvalue weighted by molar-refractivity contribution is 0.602. The molecule has 0 heterocycles. The van der Waals surface area contributed by atoms with Gasteiger partial charge in [-0.3, -0.25) is 0 Å². The minimum atomic E-state index is -0.423. The van der Waals surface area contributed by atoms with Gasteiger partial charge < -0.3 is 5.73 Å². The second kappa shape index (κ2) is 4.11. The first-order valence-corrected chi connectivity index (χ1v) is 5.52. The van der Waals surface area contributed by atoms with E-state index in [1.807, 2.05) is 18.2 Å². The van der Waals surface area contributed by atoms with Gasteiger partial charge in [0, 0.05) is 0 Å². The maximum atomic E-state index is 6.43. The molecule has 0 fully saturated rings. The largest absolute Gasteiger partial charge is 0.318 e. The van der Waals surface area contributed by atoms with Gasteiger partial charge in [-0.05, 0) is 25.0 Å². The highest BCUT2D eigenvalue weighted by Crippen LogP contribution is 2.26. The quantitative estimate of drug-likeness (QED) is 0.811. The Morgan fingerprint density at radius 3 is 2.12 bits per heavy atom. The van der Waals surface area contributed by atoms with Crippen molar-refractivity contribution in [2.24, 2.45) is 5.73 Å². The zero-order valence-corrected chi connectivity index (χ0v) is 9.77. The summed E-state index contributed by atoms with van der Waals surface area (Å²) in [6, 6.07) is 18.6. The van der Waals surface area contributed by atoms with Crippen molar-refractivity contribution in [3.05, 3.63) is 71.3 Å². The molecule has 1 unspecified atom stereocenters.